The lowest BCUT2D eigenvalue weighted by atomic mass is 9.94. The van der Waals surface area contributed by atoms with Crippen molar-refractivity contribution >= 4 is 39.1 Å². The fraction of sp³-hybridized carbons (Fsp3) is 0.214. The quantitative estimate of drug-likeness (QED) is 0.227. The minimum absolute atomic E-state index is 0.0113. The van der Waals surface area contributed by atoms with Crippen LogP contribution in [0, 0.1) is 6.92 Å². The summed E-state index contributed by atoms with van der Waals surface area (Å²) >= 11 is 3.46. The fourth-order valence-electron chi connectivity index (χ4n) is 4.25. The fourth-order valence-corrected chi connectivity index (χ4v) is 4.50. The molecule has 1 atom stereocenters. The highest BCUT2D eigenvalue weighted by Gasteiger charge is 2.47. The molecule has 0 bridgehead atoms. The summed E-state index contributed by atoms with van der Waals surface area (Å²) in [5.74, 6) is -0.186. The van der Waals surface area contributed by atoms with E-state index < -0.39 is 17.7 Å². The molecule has 7 nitrogen and oxygen atoms in total. The second-order valence-corrected chi connectivity index (χ2v) is 9.03. The zero-order chi connectivity index (χ0) is 26.0. The third-order valence-corrected chi connectivity index (χ3v) is 6.91. The number of halogens is 1. The maximum atomic E-state index is 13.4. The molecular weight excluding hydrogens is 526 g/mol. The number of benzene rings is 3. The van der Waals surface area contributed by atoms with Crippen LogP contribution in [0.4, 0.5) is 5.69 Å². The number of ether oxygens (including phenoxy) is 3. The van der Waals surface area contributed by atoms with Gasteiger partial charge in [0.15, 0.2) is 11.5 Å². The summed E-state index contributed by atoms with van der Waals surface area (Å²) in [6.45, 7) is 4.26. The normalized spacial score (nSPS) is 16.8. The maximum absolute atomic E-state index is 13.4. The van der Waals surface area contributed by atoms with E-state index in [2.05, 4.69) is 15.9 Å². The molecule has 8 heteroatoms. The van der Waals surface area contributed by atoms with Gasteiger partial charge in [0.25, 0.3) is 11.7 Å². The van der Waals surface area contributed by atoms with Gasteiger partial charge in [-0.15, -0.1) is 0 Å². The van der Waals surface area contributed by atoms with Crippen molar-refractivity contribution in [3.63, 3.8) is 0 Å². The Balaban J connectivity index is 1.93. The lowest BCUT2D eigenvalue weighted by Crippen LogP contribution is -2.29. The Morgan fingerprint density at radius 2 is 1.67 bits per heavy atom. The van der Waals surface area contributed by atoms with Gasteiger partial charge in [0.2, 0.25) is 0 Å². The Bertz CT molecular complexity index is 1350. The number of ketones is 1. The number of aliphatic hydroxyl groups excluding tert-OH is 1. The monoisotopic (exact) mass is 551 g/mol. The van der Waals surface area contributed by atoms with Crippen LogP contribution in [-0.2, 0) is 9.59 Å². The Kier molecular flexibility index (Phi) is 7.35. The number of nitrogens with zero attached hydrogens (tertiary/aromatic N) is 1. The third kappa shape index (κ3) is 4.56. The van der Waals surface area contributed by atoms with Crippen molar-refractivity contribution in [2.45, 2.75) is 19.9 Å². The Hall–Kier alpha value is -3.78. The Morgan fingerprint density at radius 1 is 0.972 bits per heavy atom. The number of aryl methyl sites for hydroxylation is 1. The van der Waals surface area contributed by atoms with E-state index >= 15 is 0 Å². The smallest absolute Gasteiger partial charge is 0.300 e. The van der Waals surface area contributed by atoms with Gasteiger partial charge in [0, 0.05) is 15.7 Å². The zero-order valence-corrected chi connectivity index (χ0v) is 22.0. The average Bonchev–Trinajstić information content (AvgIpc) is 3.15. The standard InChI is InChI=1S/C28H26BrNO6/c1-5-36-20-10-8-19(9-11-20)30-25(17-7-13-22(34-3)23(15-17)35-4)24(27(32)28(30)33)26(31)18-6-12-21(29)16(2)14-18/h6-15,25,31H,5H2,1-4H3/b26-24-. The summed E-state index contributed by atoms with van der Waals surface area (Å²) in [6, 6.07) is 16.4. The highest BCUT2D eigenvalue weighted by molar-refractivity contribution is 9.10. The number of methoxy groups -OCH3 is 2. The minimum atomic E-state index is -0.897. The molecule has 1 aliphatic heterocycles. The van der Waals surface area contributed by atoms with Crippen LogP contribution in [0.5, 0.6) is 17.2 Å². The molecule has 36 heavy (non-hydrogen) atoms. The average molecular weight is 552 g/mol. The number of carbonyl (C=O) groups is 2. The van der Waals surface area contributed by atoms with Crippen molar-refractivity contribution in [3.05, 3.63) is 87.4 Å². The highest BCUT2D eigenvalue weighted by Crippen LogP contribution is 2.44. The third-order valence-electron chi connectivity index (χ3n) is 6.03. The molecule has 1 unspecified atom stereocenters. The van der Waals surface area contributed by atoms with E-state index in [4.69, 9.17) is 14.2 Å². The molecule has 4 rings (SSSR count). The van der Waals surface area contributed by atoms with Crippen molar-refractivity contribution < 1.29 is 28.9 Å². The number of hydrogen-bond acceptors (Lipinski definition) is 6. The van der Waals surface area contributed by atoms with E-state index in [1.54, 1.807) is 60.7 Å². The molecule has 1 fully saturated rings. The number of hydrogen-bond donors (Lipinski definition) is 1. The van der Waals surface area contributed by atoms with Gasteiger partial charge in [0.1, 0.15) is 11.5 Å². The SMILES string of the molecule is CCOc1ccc(N2C(=O)C(=O)/C(=C(\O)c3ccc(Br)c(C)c3)C2c2ccc(OC)c(OC)c2)cc1. The van der Waals surface area contributed by atoms with Gasteiger partial charge in [-0.25, -0.2) is 0 Å². The Morgan fingerprint density at radius 3 is 2.28 bits per heavy atom. The molecule has 1 amide bonds. The summed E-state index contributed by atoms with van der Waals surface area (Å²) in [6.07, 6.45) is 0. The Labute approximate surface area is 218 Å². The van der Waals surface area contributed by atoms with Crippen molar-refractivity contribution in [1.82, 2.24) is 0 Å². The zero-order valence-electron chi connectivity index (χ0n) is 20.4. The van der Waals surface area contributed by atoms with Gasteiger partial charge < -0.3 is 19.3 Å². The largest absolute Gasteiger partial charge is 0.507 e. The summed E-state index contributed by atoms with van der Waals surface area (Å²) in [7, 11) is 3.04. The molecule has 1 N–H and O–H groups in total. The first-order valence-corrected chi connectivity index (χ1v) is 12.1. The van der Waals surface area contributed by atoms with Gasteiger partial charge in [-0.05, 0) is 73.5 Å². The molecule has 1 aliphatic rings. The van der Waals surface area contributed by atoms with Gasteiger partial charge in [-0.2, -0.15) is 0 Å². The van der Waals surface area contributed by atoms with E-state index in [-0.39, 0.29) is 11.3 Å². The van der Waals surface area contributed by atoms with Crippen LogP contribution in [0.1, 0.15) is 29.7 Å². The van der Waals surface area contributed by atoms with Crippen molar-refractivity contribution in [2.24, 2.45) is 0 Å². The molecule has 3 aromatic rings. The van der Waals surface area contributed by atoms with Crippen LogP contribution in [0.15, 0.2) is 70.7 Å². The number of aliphatic hydroxyl groups is 1. The van der Waals surface area contributed by atoms with Gasteiger partial charge in [-0.1, -0.05) is 28.1 Å². The van der Waals surface area contributed by atoms with Gasteiger partial charge >= 0.3 is 0 Å². The first-order valence-electron chi connectivity index (χ1n) is 11.3. The van der Waals surface area contributed by atoms with Crippen LogP contribution in [0.25, 0.3) is 5.76 Å². The molecule has 0 saturated carbocycles. The maximum Gasteiger partial charge on any atom is 0.300 e. The van der Waals surface area contributed by atoms with Crippen molar-refractivity contribution in [2.75, 3.05) is 25.7 Å². The highest BCUT2D eigenvalue weighted by atomic mass is 79.9. The summed E-state index contributed by atoms with van der Waals surface area (Å²) in [5.41, 5.74) is 2.37. The molecule has 186 valence electrons. The molecule has 1 saturated heterocycles. The van der Waals surface area contributed by atoms with Crippen molar-refractivity contribution in [1.29, 1.82) is 0 Å². The van der Waals surface area contributed by atoms with Crippen LogP contribution < -0.4 is 19.1 Å². The molecule has 0 aliphatic carbocycles. The topological polar surface area (TPSA) is 85.3 Å². The second-order valence-electron chi connectivity index (χ2n) is 8.17. The van der Waals surface area contributed by atoms with Gasteiger partial charge in [0.05, 0.1) is 32.4 Å². The molecule has 0 aromatic heterocycles. The summed E-state index contributed by atoms with van der Waals surface area (Å²) in [4.78, 5) is 28.2. The van der Waals surface area contributed by atoms with E-state index in [1.165, 1.54) is 19.1 Å². The lowest BCUT2D eigenvalue weighted by molar-refractivity contribution is -0.132. The number of rotatable bonds is 7. The van der Waals surface area contributed by atoms with E-state index in [9.17, 15) is 14.7 Å². The van der Waals surface area contributed by atoms with Crippen LogP contribution in [0.3, 0.4) is 0 Å². The van der Waals surface area contributed by atoms with E-state index in [0.717, 1.165) is 10.0 Å². The number of amides is 1. The van der Waals surface area contributed by atoms with Gasteiger partial charge in [-0.3, -0.25) is 14.5 Å². The predicted molar refractivity (Wildman–Crippen MR) is 141 cm³/mol. The van der Waals surface area contributed by atoms with E-state index in [1.807, 2.05) is 13.8 Å². The molecule has 0 radical (unpaired) electrons. The molecule has 3 aromatic carbocycles. The van der Waals surface area contributed by atoms with E-state index in [0.29, 0.717) is 40.7 Å². The first kappa shape index (κ1) is 25.3. The number of Topliss-reactive ketones (excluding diaryl/α,β-unsaturated/α-hetero) is 1. The number of anilines is 1. The molecular formula is C28H26BrNO6. The summed E-state index contributed by atoms with van der Waals surface area (Å²) < 4.78 is 17.2. The van der Waals surface area contributed by atoms with Crippen LogP contribution in [-0.4, -0.2) is 37.6 Å². The molecule has 0 spiro atoms. The van der Waals surface area contributed by atoms with Crippen LogP contribution >= 0.6 is 15.9 Å². The minimum Gasteiger partial charge on any atom is -0.507 e. The summed E-state index contributed by atoms with van der Waals surface area (Å²) in [5, 5.41) is 11.4. The predicted octanol–water partition coefficient (Wildman–Crippen LogP) is 5.80. The van der Waals surface area contributed by atoms with Crippen LogP contribution in [0.2, 0.25) is 0 Å². The first-order chi connectivity index (χ1) is 17.3. The van der Waals surface area contributed by atoms with Crippen molar-refractivity contribution in [3.8, 4) is 17.2 Å². The number of carbonyl (C=O) groups excluding carboxylic acids is 2. The second kappa shape index (κ2) is 10.5. The lowest BCUT2D eigenvalue weighted by Gasteiger charge is -2.26. The molecule has 1 heterocycles.